The number of ether oxygens (including phenoxy) is 1. The summed E-state index contributed by atoms with van der Waals surface area (Å²) >= 11 is 0. The molecule has 1 fully saturated rings. The van der Waals surface area contributed by atoms with Gasteiger partial charge in [0.1, 0.15) is 12.4 Å². The minimum Gasteiger partial charge on any atom is -0.491 e. The molecule has 3 rings (SSSR count). The number of aromatic nitrogens is 2. The maximum Gasteiger partial charge on any atom is 0.119 e. The zero-order valence-electron chi connectivity index (χ0n) is 13.7. The van der Waals surface area contributed by atoms with E-state index in [4.69, 9.17) is 9.84 Å². The molecule has 5 heteroatoms. The molecule has 1 aliphatic heterocycles. The first-order valence-electron chi connectivity index (χ1n) is 8.34. The van der Waals surface area contributed by atoms with Gasteiger partial charge in [0, 0.05) is 6.54 Å². The Morgan fingerprint density at radius 1 is 1.39 bits per heavy atom. The Balaban J connectivity index is 1.73. The number of aromatic amines is 1. The van der Waals surface area contributed by atoms with Crippen molar-refractivity contribution in [2.75, 3.05) is 19.8 Å². The Morgan fingerprint density at radius 2 is 2.30 bits per heavy atom. The molecule has 1 aromatic carbocycles. The van der Waals surface area contributed by atoms with Gasteiger partial charge in [-0.3, -0.25) is 10.00 Å². The number of rotatable bonds is 6. The quantitative estimate of drug-likeness (QED) is 0.860. The Bertz CT molecular complexity index is 626. The van der Waals surface area contributed by atoms with Crippen molar-refractivity contribution in [1.82, 2.24) is 15.1 Å². The molecule has 1 atom stereocenters. The molecule has 0 amide bonds. The first-order valence-corrected chi connectivity index (χ1v) is 8.34. The lowest BCUT2D eigenvalue weighted by Crippen LogP contribution is -2.33. The Morgan fingerprint density at radius 3 is 3.09 bits per heavy atom. The van der Waals surface area contributed by atoms with E-state index in [2.05, 4.69) is 34.2 Å². The van der Waals surface area contributed by atoms with Crippen molar-refractivity contribution in [2.45, 2.75) is 38.8 Å². The number of aliphatic hydroxyl groups is 1. The van der Waals surface area contributed by atoms with Crippen molar-refractivity contribution < 1.29 is 9.84 Å². The number of hydrogen-bond donors (Lipinski definition) is 2. The van der Waals surface area contributed by atoms with Gasteiger partial charge in [0.15, 0.2) is 0 Å². The number of piperidine rings is 1. The summed E-state index contributed by atoms with van der Waals surface area (Å²) in [4.78, 5) is 2.52. The van der Waals surface area contributed by atoms with E-state index in [9.17, 15) is 0 Å². The first kappa shape index (κ1) is 16.0. The van der Waals surface area contributed by atoms with Gasteiger partial charge >= 0.3 is 0 Å². The highest BCUT2D eigenvalue weighted by Crippen LogP contribution is 2.32. The van der Waals surface area contributed by atoms with Gasteiger partial charge in [-0.2, -0.15) is 5.10 Å². The van der Waals surface area contributed by atoms with Crippen LogP contribution in [0.1, 0.15) is 42.1 Å². The smallest absolute Gasteiger partial charge is 0.119 e. The summed E-state index contributed by atoms with van der Waals surface area (Å²) in [5.41, 5.74) is 3.73. The fourth-order valence-corrected chi connectivity index (χ4v) is 3.33. The van der Waals surface area contributed by atoms with E-state index < -0.39 is 0 Å². The van der Waals surface area contributed by atoms with Crippen molar-refractivity contribution in [1.29, 1.82) is 0 Å². The van der Waals surface area contributed by atoms with Crippen LogP contribution in [0.4, 0.5) is 0 Å². The van der Waals surface area contributed by atoms with E-state index in [0.29, 0.717) is 12.6 Å². The van der Waals surface area contributed by atoms with Gasteiger partial charge in [0.05, 0.1) is 24.5 Å². The van der Waals surface area contributed by atoms with Crippen LogP contribution in [-0.2, 0) is 6.54 Å². The lowest BCUT2D eigenvalue weighted by molar-refractivity contribution is 0.136. The molecule has 2 heterocycles. The highest BCUT2D eigenvalue weighted by molar-refractivity contribution is 5.29. The summed E-state index contributed by atoms with van der Waals surface area (Å²) in [7, 11) is 0. The molecule has 1 aliphatic rings. The van der Waals surface area contributed by atoms with Gasteiger partial charge in [-0.15, -0.1) is 0 Å². The van der Waals surface area contributed by atoms with Gasteiger partial charge in [0.25, 0.3) is 0 Å². The van der Waals surface area contributed by atoms with E-state index in [1.54, 1.807) is 0 Å². The predicted octanol–water partition coefficient (Wildman–Crippen LogP) is 2.82. The van der Waals surface area contributed by atoms with Gasteiger partial charge in [0.2, 0.25) is 0 Å². The molecule has 1 saturated heterocycles. The van der Waals surface area contributed by atoms with E-state index in [1.165, 1.54) is 36.1 Å². The monoisotopic (exact) mass is 315 g/mol. The zero-order chi connectivity index (χ0) is 16.1. The SMILES string of the molecule is Cc1cn[nH]c1[C@@H]1CCCCN1Cc1cccc(OCCO)c1. The minimum absolute atomic E-state index is 0.0392. The first-order chi connectivity index (χ1) is 11.3. The molecule has 0 spiro atoms. The number of hydrogen-bond acceptors (Lipinski definition) is 4. The number of benzene rings is 1. The molecule has 5 nitrogen and oxygen atoms in total. The van der Waals surface area contributed by atoms with E-state index >= 15 is 0 Å². The molecule has 0 bridgehead atoms. The van der Waals surface area contributed by atoms with Crippen LogP contribution in [0.15, 0.2) is 30.5 Å². The molecular weight excluding hydrogens is 290 g/mol. The molecule has 2 N–H and O–H groups in total. The predicted molar refractivity (Wildman–Crippen MR) is 89.3 cm³/mol. The number of H-pyrrole nitrogens is 1. The van der Waals surface area contributed by atoms with Crippen molar-refractivity contribution in [3.63, 3.8) is 0 Å². The van der Waals surface area contributed by atoms with Crippen molar-refractivity contribution in [3.8, 4) is 5.75 Å². The highest BCUT2D eigenvalue weighted by atomic mass is 16.5. The summed E-state index contributed by atoms with van der Waals surface area (Å²) < 4.78 is 5.52. The summed E-state index contributed by atoms with van der Waals surface area (Å²) in [6.45, 7) is 4.50. The third-order valence-electron chi connectivity index (χ3n) is 4.46. The zero-order valence-corrected chi connectivity index (χ0v) is 13.7. The molecule has 0 saturated carbocycles. The van der Waals surface area contributed by atoms with Gasteiger partial charge < -0.3 is 9.84 Å². The molecular formula is C18H25N3O2. The normalized spacial score (nSPS) is 19.0. The maximum absolute atomic E-state index is 8.88. The average molecular weight is 315 g/mol. The lowest BCUT2D eigenvalue weighted by Gasteiger charge is -2.35. The second kappa shape index (κ2) is 7.62. The number of nitrogens with one attached hydrogen (secondary N) is 1. The molecule has 23 heavy (non-hydrogen) atoms. The number of likely N-dealkylation sites (tertiary alicyclic amines) is 1. The average Bonchev–Trinajstić information content (AvgIpc) is 3.00. The van der Waals surface area contributed by atoms with Crippen LogP contribution in [0, 0.1) is 6.92 Å². The van der Waals surface area contributed by atoms with Gasteiger partial charge in [-0.1, -0.05) is 18.6 Å². The molecule has 1 aromatic heterocycles. The van der Waals surface area contributed by atoms with Crippen molar-refractivity contribution in [2.24, 2.45) is 0 Å². The van der Waals surface area contributed by atoms with Crippen molar-refractivity contribution in [3.05, 3.63) is 47.3 Å². The lowest BCUT2D eigenvalue weighted by atomic mass is 9.96. The van der Waals surface area contributed by atoms with Crippen LogP contribution in [0.3, 0.4) is 0 Å². The molecule has 0 radical (unpaired) electrons. The topological polar surface area (TPSA) is 61.4 Å². The Labute approximate surface area is 137 Å². The fraction of sp³-hybridized carbons (Fsp3) is 0.500. The Hall–Kier alpha value is -1.85. The Kier molecular flexibility index (Phi) is 5.31. The van der Waals surface area contributed by atoms with Crippen LogP contribution in [0.5, 0.6) is 5.75 Å². The second-order valence-electron chi connectivity index (χ2n) is 6.17. The standard InChI is InChI=1S/C18H25N3O2/c1-14-12-19-20-18(14)17-7-2-3-8-21(17)13-15-5-4-6-16(11-15)23-10-9-22/h4-6,11-12,17,22H,2-3,7-10,13H2,1H3,(H,19,20)/t17-/m0/s1. The van der Waals surface area contributed by atoms with Crippen LogP contribution in [0.25, 0.3) is 0 Å². The maximum atomic E-state index is 8.88. The minimum atomic E-state index is 0.0392. The van der Waals surface area contributed by atoms with Gasteiger partial charge in [-0.05, 0) is 49.6 Å². The summed E-state index contributed by atoms with van der Waals surface area (Å²) in [6.07, 6.45) is 5.58. The number of nitrogens with zero attached hydrogens (tertiary/aromatic N) is 2. The third kappa shape index (κ3) is 3.92. The van der Waals surface area contributed by atoms with E-state index in [-0.39, 0.29) is 6.61 Å². The third-order valence-corrected chi connectivity index (χ3v) is 4.46. The fourth-order valence-electron chi connectivity index (χ4n) is 3.33. The number of aryl methyl sites for hydroxylation is 1. The molecule has 124 valence electrons. The van der Waals surface area contributed by atoms with Crippen LogP contribution in [0.2, 0.25) is 0 Å². The van der Waals surface area contributed by atoms with Crippen LogP contribution < -0.4 is 4.74 Å². The largest absolute Gasteiger partial charge is 0.491 e. The van der Waals surface area contributed by atoms with E-state index in [1.807, 2.05) is 18.3 Å². The second-order valence-corrected chi connectivity index (χ2v) is 6.17. The highest BCUT2D eigenvalue weighted by Gasteiger charge is 2.26. The van der Waals surface area contributed by atoms with Gasteiger partial charge in [-0.25, -0.2) is 0 Å². The molecule has 0 unspecified atom stereocenters. The molecule has 2 aromatic rings. The summed E-state index contributed by atoms with van der Waals surface area (Å²) in [5.74, 6) is 0.822. The van der Waals surface area contributed by atoms with Crippen LogP contribution >= 0.6 is 0 Å². The van der Waals surface area contributed by atoms with Crippen molar-refractivity contribution >= 4 is 0 Å². The van der Waals surface area contributed by atoms with Crippen LogP contribution in [-0.4, -0.2) is 40.0 Å². The summed E-state index contributed by atoms with van der Waals surface area (Å²) in [5, 5.41) is 16.3. The van der Waals surface area contributed by atoms with E-state index in [0.717, 1.165) is 18.8 Å². The molecule has 0 aliphatic carbocycles. The number of aliphatic hydroxyl groups excluding tert-OH is 1. The summed E-state index contributed by atoms with van der Waals surface area (Å²) in [6, 6.07) is 8.57.